The minimum Gasteiger partial charge on any atom is -0.507 e. The van der Waals surface area contributed by atoms with Gasteiger partial charge in [0.15, 0.2) is 0 Å². The molecule has 0 bridgehead atoms. The fourth-order valence-corrected chi connectivity index (χ4v) is 2.84. The fourth-order valence-electron chi connectivity index (χ4n) is 2.57. The second kappa shape index (κ2) is 5.74. The van der Waals surface area contributed by atoms with E-state index >= 15 is 0 Å². The van der Waals surface area contributed by atoms with E-state index in [-0.39, 0.29) is 0 Å². The quantitative estimate of drug-likeness (QED) is 0.626. The Kier molecular flexibility index (Phi) is 3.80. The summed E-state index contributed by atoms with van der Waals surface area (Å²) in [4.78, 5) is 0. The molecule has 0 saturated heterocycles. The zero-order valence-corrected chi connectivity index (χ0v) is 13.3. The van der Waals surface area contributed by atoms with E-state index < -0.39 is 0 Å². The maximum atomic E-state index is 10.1. The summed E-state index contributed by atoms with van der Waals surface area (Å²) < 4.78 is 1.07. The maximum absolute atomic E-state index is 10.1. The fraction of sp³-hybridized carbons (Fsp3) is 0.0526. The molecule has 3 aromatic carbocycles. The number of phenols is 1. The third-order valence-corrected chi connectivity index (χ3v) is 4.21. The molecule has 3 rings (SSSR count). The minimum atomic E-state index is 0.313. The van der Waals surface area contributed by atoms with Crippen molar-refractivity contribution in [1.82, 2.24) is 0 Å². The van der Waals surface area contributed by atoms with Gasteiger partial charge in [-0.2, -0.15) is 0 Å². The van der Waals surface area contributed by atoms with Crippen molar-refractivity contribution in [3.63, 3.8) is 0 Å². The van der Waals surface area contributed by atoms with Crippen LogP contribution in [0, 0.1) is 6.92 Å². The van der Waals surface area contributed by atoms with E-state index in [1.54, 1.807) is 6.07 Å². The lowest BCUT2D eigenvalue weighted by Crippen LogP contribution is -1.88. The Morgan fingerprint density at radius 2 is 1.33 bits per heavy atom. The van der Waals surface area contributed by atoms with Crippen LogP contribution >= 0.6 is 15.9 Å². The lowest BCUT2D eigenvalue weighted by molar-refractivity contribution is 0.477. The molecule has 0 unspecified atom stereocenters. The first kappa shape index (κ1) is 13.9. The van der Waals surface area contributed by atoms with Gasteiger partial charge in [0.2, 0.25) is 0 Å². The zero-order chi connectivity index (χ0) is 14.8. The van der Waals surface area contributed by atoms with Crippen molar-refractivity contribution in [3.05, 3.63) is 76.8 Å². The predicted octanol–water partition coefficient (Wildman–Crippen LogP) is 5.80. The van der Waals surface area contributed by atoms with Gasteiger partial charge in [0.05, 0.1) is 0 Å². The number of halogens is 1. The molecular formula is C19H15BrO. The van der Waals surface area contributed by atoms with Crippen LogP contribution in [0.4, 0.5) is 0 Å². The molecule has 1 N–H and O–H groups in total. The third kappa shape index (κ3) is 2.72. The second-order valence-corrected chi connectivity index (χ2v) is 5.92. The van der Waals surface area contributed by atoms with Crippen molar-refractivity contribution < 1.29 is 5.11 Å². The van der Waals surface area contributed by atoms with Crippen LogP contribution in [-0.2, 0) is 0 Å². The van der Waals surface area contributed by atoms with Gasteiger partial charge in [-0.15, -0.1) is 0 Å². The lowest BCUT2D eigenvalue weighted by atomic mass is 9.92. The summed E-state index contributed by atoms with van der Waals surface area (Å²) in [5.41, 5.74) is 5.46. The highest BCUT2D eigenvalue weighted by atomic mass is 79.9. The smallest absolute Gasteiger partial charge is 0.123 e. The van der Waals surface area contributed by atoms with Gasteiger partial charge in [-0.1, -0.05) is 64.5 Å². The standard InChI is InChI=1S/C19H15BrO/c1-13-16(14-9-11-15(20)12-10-14)6-4-7-17(13)18-5-2-3-8-19(18)21/h2-12,21H,1H3. The van der Waals surface area contributed by atoms with E-state index in [1.807, 2.05) is 42.5 Å². The normalized spacial score (nSPS) is 10.6. The number of rotatable bonds is 2. The zero-order valence-electron chi connectivity index (χ0n) is 11.7. The Labute approximate surface area is 133 Å². The number of phenolic OH excluding ortho intramolecular Hbond substituents is 1. The number of hydrogen-bond acceptors (Lipinski definition) is 1. The second-order valence-electron chi connectivity index (χ2n) is 5.00. The highest BCUT2D eigenvalue weighted by molar-refractivity contribution is 9.10. The van der Waals surface area contributed by atoms with Crippen LogP contribution in [0.1, 0.15) is 5.56 Å². The molecule has 0 heterocycles. The van der Waals surface area contributed by atoms with E-state index in [1.165, 1.54) is 16.7 Å². The van der Waals surface area contributed by atoms with Gasteiger partial charge >= 0.3 is 0 Å². The Morgan fingerprint density at radius 1 is 0.714 bits per heavy atom. The topological polar surface area (TPSA) is 20.2 Å². The summed E-state index contributed by atoms with van der Waals surface area (Å²) in [5, 5.41) is 10.1. The molecule has 0 atom stereocenters. The van der Waals surface area contributed by atoms with Gasteiger partial charge in [-0.05, 0) is 47.4 Å². The molecule has 0 radical (unpaired) electrons. The number of para-hydroxylation sites is 1. The maximum Gasteiger partial charge on any atom is 0.123 e. The Morgan fingerprint density at radius 3 is 2.05 bits per heavy atom. The van der Waals surface area contributed by atoms with Gasteiger partial charge in [0.1, 0.15) is 5.75 Å². The Balaban J connectivity index is 2.16. The monoisotopic (exact) mass is 338 g/mol. The summed E-state index contributed by atoms with van der Waals surface area (Å²) in [6, 6.07) is 21.9. The number of aromatic hydroxyl groups is 1. The average Bonchev–Trinajstić information content (AvgIpc) is 2.50. The SMILES string of the molecule is Cc1c(-c2ccc(Br)cc2)cccc1-c1ccccc1O. The van der Waals surface area contributed by atoms with Crippen LogP contribution in [0.2, 0.25) is 0 Å². The highest BCUT2D eigenvalue weighted by Crippen LogP contribution is 2.35. The molecule has 104 valence electrons. The molecular weight excluding hydrogens is 324 g/mol. The minimum absolute atomic E-state index is 0.313. The van der Waals surface area contributed by atoms with Gasteiger partial charge in [0, 0.05) is 10.0 Å². The molecule has 0 aliphatic rings. The summed E-state index contributed by atoms with van der Waals surface area (Å²) in [6.45, 7) is 2.10. The van der Waals surface area contributed by atoms with E-state index in [9.17, 15) is 5.11 Å². The van der Waals surface area contributed by atoms with Gasteiger partial charge in [-0.3, -0.25) is 0 Å². The molecule has 0 aliphatic heterocycles. The van der Waals surface area contributed by atoms with Crippen molar-refractivity contribution in [2.75, 3.05) is 0 Å². The molecule has 21 heavy (non-hydrogen) atoms. The first-order valence-corrected chi connectivity index (χ1v) is 7.60. The molecule has 0 aliphatic carbocycles. The number of benzene rings is 3. The predicted molar refractivity (Wildman–Crippen MR) is 91.4 cm³/mol. The van der Waals surface area contributed by atoms with Gasteiger partial charge in [0.25, 0.3) is 0 Å². The third-order valence-electron chi connectivity index (χ3n) is 3.68. The summed E-state index contributed by atoms with van der Waals surface area (Å²) in [5.74, 6) is 0.313. The lowest BCUT2D eigenvalue weighted by Gasteiger charge is -2.13. The van der Waals surface area contributed by atoms with Crippen LogP contribution < -0.4 is 0 Å². The van der Waals surface area contributed by atoms with E-state index in [0.717, 1.165) is 15.6 Å². The van der Waals surface area contributed by atoms with Crippen LogP contribution in [-0.4, -0.2) is 5.11 Å². The van der Waals surface area contributed by atoms with Crippen molar-refractivity contribution in [1.29, 1.82) is 0 Å². The summed E-state index contributed by atoms with van der Waals surface area (Å²) >= 11 is 3.46. The Hall–Kier alpha value is -2.06. The van der Waals surface area contributed by atoms with Gasteiger partial charge < -0.3 is 5.11 Å². The van der Waals surface area contributed by atoms with Crippen molar-refractivity contribution >= 4 is 15.9 Å². The molecule has 0 spiro atoms. The summed E-state index contributed by atoms with van der Waals surface area (Å²) in [6.07, 6.45) is 0. The van der Waals surface area contributed by atoms with E-state index in [2.05, 4.69) is 41.1 Å². The highest BCUT2D eigenvalue weighted by Gasteiger charge is 2.10. The van der Waals surface area contributed by atoms with Crippen molar-refractivity contribution in [2.24, 2.45) is 0 Å². The molecule has 0 fully saturated rings. The Bertz CT molecular complexity index is 776. The first-order chi connectivity index (χ1) is 10.2. The van der Waals surface area contributed by atoms with E-state index in [0.29, 0.717) is 5.75 Å². The molecule has 1 nitrogen and oxygen atoms in total. The van der Waals surface area contributed by atoms with Crippen LogP contribution in [0.25, 0.3) is 22.3 Å². The summed E-state index contributed by atoms with van der Waals surface area (Å²) in [7, 11) is 0. The molecule has 2 heteroatoms. The van der Waals surface area contributed by atoms with Crippen LogP contribution in [0.3, 0.4) is 0 Å². The molecule has 0 saturated carbocycles. The first-order valence-electron chi connectivity index (χ1n) is 6.81. The molecule has 3 aromatic rings. The van der Waals surface area contributed by atoms with E-state index in [4.69, 9.17) is 0 Å². The average molecular weight is 339 g/mol. The van der Waals surface area contributed by atoms with Crippen LogP contribution in [0.5, 0.6) is 5.75 Å². The largest absolute Gasteiger partial charge is 0.507 e. The van der Waals surface area contributed by atoms with Crippen molar-refractivity contribution in [2.45, 2.75) is 6.92 Å². The molecule has 0 aromatic heterocycles. The van der Waals surface area contributed by atoms with Crippen LogP contribution in [0.15, 0.2) is 71.2 Å². The number of hydrogen-bond donors (Lipinski definition) is 1. The van der Waals surface area contributed by atoms with Gasteiger partial charge in [-0.25, -0.2) is 0 Å². The molecule has 0 amide bonds. The van der Waals surface area contributed by atoms with Crippen molar-refractivity contribution in [3.8, 4) is 28.0 Å².